The van der Waals surface area contributed by atoms with Gasteiger partial charge >= 0.3 is 5.69 Å². The van der Waals surface area contributed by atoms with Crippen LogP contribution in [0.5, 0.6) is 0 Å². The maximum atomic E-state index is 13.4. The standard InChI is InChI=1S/C27H24Cl2N4O2/c28-20-6-3-7-22(23(20)29)33-24(34)18-9-8-17(14-21(18)32-25(33)35)27(30)19-5-2-1-4-16(19)15-26(27)10-12-31-13-11-26/h1-9,14,31H,10-13,15,30H2,(H,32,35)/t27-/m0/s1. The van der Waals surface area contributed by atoms with Crippen molar-refractivity contribution in [1.29, 1.82) is 0 Å². The Morgan fingerprint density at radius 1 is 0.943 bits per heavy atom. The van der Waals surface area contributed by atoms with E-state index in [-0.39, 0.29) is 21.1 Å². The summed E-state index contributed by atoms with van der Waals surface area (Å²) in [6.45, 7) is 1.81. The number of nitrogens with two attached hydrogens (primary N) is 1. The van der Waals surface area contributed by atoms with Crippen molar-refractivity contribution in [2.45, 2.75) is 24.8 Å². The molecule has 4 N–H and O–H groups in total. The van der Waals surface area contributed by atoms with Crippen molar-refractivity contribution in [1.82, 2.24) is 14.9 Å². The lowest BCUT2D eigenvalue weighted by atomic mass is 9.62. The third-order valence-electron chi connectivity index (χ3n) is 7.89. The number of nitrogens with zero attached hydrogens (tertiary/aromatic N) is 1. The van der Waals surface area contributed by atoms with Crippen LogP contribution in [0, 0.1) is 5.41 Å². The molecular formula is C27H24Cl2N4O2. The Balaban J connectivity index is 1.57. The summed E-state index contributed by atoms with van der Waals surface area (Å²) >= 11 is 12.4. The quantitative estimate of drug-likeness (QED) is 0.381. The van der Waals surface area contributed by atoms with Gasteiger partial charge < -0.3 is 16.0 Å². The Bertz CT molecular complexity index is 1600. The summed E-state index contributed by atoms with van der Waals surface area (Å²) in [6, 6.07) is 18.7. The summed E-state index contributed by atoms with van der Waals surface area (Å²) in [5, 5.41) is 4.25. The topological polar surface area (TPSA) is 92.9 Å². The maximum absolute atomic E-state index is 13.4. The van der Waals surface area contributed by atoms with Crippen LogP contribution < -0.4 is 22.3 Å². The summed E-state index contributed by atoms with van der Waals surface area (Å²) in [6.07, 6.45) is 2.80. The molecular weight excluding hydrogens is 483 g/mol. The summed E-state index contributed by atoms with van der Waals surface area (Å²) < 4.78 is 1.02. The predicted octanol–water partition coefficient (Wildman–Crippen LogP) is 4.11. The lowest BCUT2D eigenvalue weighted by molar-refractivity contribution is 0.120. The van der Waals surface area contributed by atoms with E-state index in [2.05, 4.69) is 28.5 Å². The van der Waals surface area contributed by atoms with Crippen molar-refractivity contribution >= 4 is 34.1 Å². The monoisotopic (exact) mass is 506 g/mol. The minimum absolute atomic E-state index is 0.140. The molecule has 1 aromatic heterocycles. The average molecular weight is 507 g/mol. The Labute approximate surface area is 211 Å². The highest BCUT2D eigenvalue weighted by Crippen LogP contribution is 2.56. The van der Waals surface area contributed by atoms with Gasteiger partial charge in [0.25, 0.3) is 5.56 Å². The van der Waals surface area contributed by atoms with Crippen molar-refractivity contribution in [2.24, 2.45) is 11.1 Å². The van der Waals surface area contributed by atoms with Gasteiger partial charge in [0.2, 0.25) is 0 Å². The minimum atomic E-state index is -0.734. The third kappa shape index (κ3) is 3.17. The number of benzene rings is 3. The highest BCUT2D eigenvalue weighted by Gasteiger charge is 2.56. The van der Waals surface area contributed by atoms with E-state index < -0.39 is 16.8 Å². The van der Waals surface area contributed by atoms with Crippen molar-refractivity contribution < 1.29 is 0 Å². The summed E-state index contributed by atoms with van der Waals surface area (Å²) in [5.41, 5.74) is 9.43. The lowest BCUT2D eigenvalue weighted by Gasteiger charge is -2.47. The fourth-order valence-electron chi connectivity index (χ4n) is 6.13. The Morgan fingerprint density at radius 2 is 1.71 bits per heavy atom. The lowest BCUT2D eigenvalue weighted by Crippen LogP contribution is -2.55. The first-order chi connectivity index (χ1) is 16.9. The molecule has 0 amide bonds. The van der Waals surface area contributed by atoms with Gasteiger partial charge in [-0.15, -0.1) is 0 Å². The number of aromatic nitrogens is 2. The average Bonchev–Trinajstić information content (AvgIpc) is 3.10. The first-order valence-electron chi connectivity index (χ1n) is 11.7. The molecule has 178 valence electrons. The number of aromatic amines is 1. The van der Waals surface area contributed by atoms with E-state index in [4.69, 9.17) is 28.9 Å². The zero-order valence-electron chi connectivity index (χ0n) is 18.9. The molecule has 3 aromatic carbocycles. The molecule has 6 nitrogen and oxygen atoms in total. The van der Waals surface area contributed by atoms with E-state index in [9.17, 15) is 9.59 Å². The molecule has 0 bridgehead atoms. The number of rotatable bonds is 2. The van der Waals surface area contributed by atoms with Crippen LogP contribution in [0.25, 0.3) is 16.6 Å². The summed E-state index contributed by atoms with van der Waals surface area (Å²) in [7, 11) is 0. The zero-order valence-corrected chi connectivity index (χ0v) is 20.4. The van der Waals surface area contributed by atoms with Gasteiger partial charge in [-0.2, -0.15) is 0 Å². The van der Waals surface area contributed by atoms with Gasteiger partial charge in [-0.1, -0.05) is 59.6 Å². The first-order valence-corrected chi connectivity index (χ1v) is 12.4. The van der Waals surface area contributed by atoms with Crippen LogP contribution >= 0.6 is 23.2 Å². The molecule has 1 spiro atoms. The molecule has 0 radical (unpaired) electrons. The highest BCUT2D eigenvalue weighted by atomic mass is 35.5. The second kappa shape index (κ2) is 8.07. The van der Waals surface area contributed by atoms with E-state index in [0.29, 0.717) is 10.9 Å². The van der Waals surface area contributed by atoms with E-state index >= 15 is 0 Å². The van der Waals surface area contributed by atoms with Gasteiger partial charge in [0.1, 0.15) is 0 Å². The first kappa shape index (κ1) is 22.6. The van der Waals surface area contributed by atoms with Crippen LogP contribution in [0.4, 0.5) is 0 Å². The molecule has 2 aliphatic rings. The molecule has 0 saturated carbocycles. The molecule has 6 rings (SSSR count). The molecule has 1 saturated heterocycles. The highest BCUT2D eigenvalue weighted by molar-refractivity contribution is 6.43. The Kier molecular flexibility index (Phi) is 5.20. The Morgan fingerprint density at radius 3 is 2.51 bits per heavy atom. The van der Waals surface area contributed by atoms with Crippen molar-refractivity contribution in [3.63, 3.8) is 0 Å². The molecule has 1 fully saturated rings. The molecule has 1 aliphatic heterocycles. The predicted molar refractivity (Wildman–Crippen MR) is 140 cm³/mol. The zero-order chi connectivity index (χ0) is 24.4. The number of hydrogen-bond donors (Lipinski definition) is 3. The van der Waals surface area contributed by atoms with Gasteiger partial charge in [-0.05, 0) is 73.3 Å². The van der Waals surface area contributed by atoms with Gasteiger partial charge in [0, 0.05) is 5.41 Å². The van der Waals surface area contributed by atoms with Crippen LogP contribution in [-0.2, 0) is 12.0 Å². The number of nitrogens with one attached hydrogen (secondary N) is 2. The third-order valence-corrected chi connectivity index (χ3v) is 8.70. The maximum Gasteiger partial charge on any atom is 0.333 e. The number of halogens is 2. The van der Waals surface area contributed by atoms with Crippen molar-refractivity contribution in [3.8, 4) is 5.69 Å². The normalized spacial score (nSPS) is 20.9. The van der Waals surface area contributed by atoms with Crippen molar-refractivity contribution in [2.75, 3.05) is 13.1 Å². The smallest absolute Gasteiger partial charge is 0.317 e. The molecule has 35 heavy (non-hydrogen) atoms. The van der Waals surface area contributed by atoms with Crippen LogP contribution in [0.2, 0.25) is 10.0 Å². The van der Waals surface area contributed by atoms with E-state index in [0.717, 1.165) is 48.0 Å². The minimum Gasteiger partial charge on any atom is -0.317 e. The molecule has 0 unspecified atom stereocenters. The number of H-pyrrole nitrogens is 1. The summed E-state index contributed by atoms with van der Waals surface area (Å²) in [5.74, 6) is 0. The molecule has 1 atom stereocenters. The number of piperidine rings is 1. The summed E-state index contributed by atoms with van der Waals surface area (Å²) in [4.78, 5) is 29.4. The van der Waals surface area contributed by atoms with Gasteiger partial charge in [-0.3, -0.25) is 4.79 Å². The van der Waals surface area contributed by atoms with Gasteiger partial charge in [0.05, 0.1) is 32.2 Å². The molecule has 1 aliphatic carbocycles. The molecule has 8 heteroatoms. The largest absolute Gasteiger partial charge is 0.333 e. The van der Waals surface area contributed by atoms with E-state index in [1.165, 1.54) is 5.56 Å². The number of hydrogen-bond acceptors (Lipinski definition) is 4. The molecule has 4 aromatic rings. The van der Waals surface area contributed by atoms with Gasteiger partial charge in [0.15, 0.2) is 0 Å². The SMILES string of the molecule is N[C@@]1(c2ccc3c(=O)n(-c4cccc(Cl)c4Cl)c(=O)[nH]c3c2)c2ccccc2CC12CCNCC2. The van der Waals surface area contributed by atoms with E-state index in [1.54, 1.807) is 24.3 Å². The van der Waals surface area contributed by atoms with Crippen LogP contribution in [-0.4, -0.2) is 22.6 Å². The Hall–Kier alpha value is -2.90. The van der Waals surface area contributed by atoms with Crippen LogP contribution in [0.3, 0.4) is 0 Å². The second-order valence-electron chi connectivity index (χ2n) is 9.58. The second-order valence-corrected chi connectivity index (χ2v) is 10.4. The van der Waals surface area contributed by atoms with Crippen molar-refractivity contribution in [3.05, 3.63) is 108 Å². The fraction of sp³-hybridized carbons (Fsp3) is 0.259. The van der Waals surface area contributed by atoms with Crippen LogP contribution in [0.1, 0.15) is 29.5 Å². The van der Waals surface area contributed by atoms with Gasteiger partial charge in [-0.25, -0.2) is 9.36 Å². The number of fused-ring (bicyclic) bond motifs is 2. The van der Waals surface area contributed by atoms with E-state index in [1.807, 2.05) is 18.2 Å². The van der Waals surface area contributed by atoms with Crippen LogP contribution in [0.15, 0.2) is 70.3 Å². The molecule has 2 heterocycles. The fourth-order valence-corrected chi connectivity index (χ4v) is 6.51.